The van der Waals surface area contributed by atoms with Gasteiger partial charge in [0, 0.05) is 32.8 Å². The van der Waals surface area contributed by atoms with E-state index in [0.717, 1.165) is 82.7 Å². The summed E-state index contributed by atoms with van der Waals surface area (Å²) >= 11 is 0. The molecule has 1 atom stereocenters. The lowest BCUT2D eigenvalue weighted by Gasteiger charge is -2.25. The monoisotopic (exact) mass is 716 g/mol. The van der Waals surface area contributed by atoms with Crippen molar-refractivity contribution in [3.05, 3.63) is 199 Å². The second-order valence-electron chi connectivity index (χ2n) is 14.6. The van der Waals surface area contributed by atoms with Gasteiger partial charge in [0.25, 0.3) is 0 Å². The van der Waals surface area contributed by atoms with Crippen molar-refractivity contribution in [3.63, 3.8) is 0 Å². The zero-order chi connectivity index (χ0) is 36.7. The van der Waals surface area contributed by atoms with Gasteiger partial charge in [-0.15, -0.1) is 0 Å². The summed E-state index contributed by atoms with van der Waals surface area (Å²) in [5.41, 5.74) is 7.97. The zero-order valence-electron chi connectivity index (χ0n) is 30.1. The molecule has 0 bridgehead atoms. The smallest absolute Gasteiger partial charge is 0.160 e. The predicted molar refractivity (Wildman–Crippen MR) is 232 cm³/mol. The van der Waals surface area contributed by atoms with E-state index in [1.807, 2.05) is 6.07 Å². The molecule has 56 heavy (non-hydrogen) atoms. The average Bonchev–Trinajstić information content (AvgIpc) is 3.80. The van der Waals surface area contributed by atoms with Crippen molar-refractivity contribution in [2.45, 2.75) is 6.17 Å². The molecule has 1 aliphatic heterocycles. The number of aliphatic imine (C=N–C) groups is 2. The maximum absolute atomic E-state index is 6.74. The topological polar surface area (TPSA) is 54.8 Å². The summed E-state index contributed by atoms with van der Waals surface area (Å²) in [6, 6.07) is 64.5. The minimum absolute atomic E-state index is 0.472. The Morgan fingerprint density at radius 3 is 1.86 bits per heavy atom. The fraction of sp³-hybridized carbons (Fsp3) is 0.0196. The van der Waals surface area contributed by atoms with Gasteiger partial charge in [-0.3, -0.25) is 0 Å². The number of amidine groups is 2. The van der Waals surface area contributed by atoms with Crippen molar-refractivity contribution in [3.8, 4) is 5.69 Å². The quantitative estimate of drug-likeness (QED) is 0.197. The van der Waals surface area contributed by atoms with Crippen LogP contribution in [0.1, 0.15) is 22.9 Å². The first kappa shape index (κ1) is 30.9. The predicted octanol–water partition coefficient (Wildman–Crippen LogP) is 12.6. The van der Waals surface area contributed by atoms with Crippen molar-refractivity contribution in [1.82, 2.24) is 9.88 Å². The van der Waals surface area contributed by atoms with Gasteiger partial charge in [0.05, 0.1) is 22.1 Å². The van der Waals surface area contributed by atoms with Crippen LogP contribution in [0.2, 0.25) is 0 Å². The Labute approximate surface area is 321 Å². The summed E-state index contributed by atoms with van der Waals surface area (Å²) in [6.07, 6.45) is -0.472. The lowest BCUT2D eigenvalue weighted by Crippen LogP contribution is -2.33. The largest absolute Gasteiger partial charge is 0.456 e. The normalized spacial score (nSPS) is 14.6. The molecular weight excluding hydrogens is 685 g/mol. The van der Waals surface area contributed by atoms with Crippen molar-refractivity contribution in [2.24, 2.45) is 9.98 Å². The summed E-state index contributed by atoms with van der Waals surface area (Å²) in [7, 11) is 0. The van der Waals surface area contributed by atoms with Gasteiger partial charge in [0.15, 0.2) is 5.84 Å². The van der Waals surface area contributed by atoms with Gasteiger partial charge in [0.2, 0.25) is 0 Å². The van der Waals surface area contributed by atoms with Crippen LogP contribution >= 0.6 is 0 Å². The average molecular weight is 717 g/mol. The first-order valence-electron chi connectivity index (χ1n) is 19.0. The third kappa shape index (κ3) is 4.67. The Hall–Kier alpha value is -7.50. The SMILES string of the molecule is c1ccc2cc3c(cc2c1)c1ccccc1n3-c1cc(C2N=C(c3cccc4ccccc34)N=C(c3cccc4ccccc34)N2)cc2oc3ccccc3c12. The fourth-order valence-electron chi connectivity index (χ4n) is 8.83. The number of nitrogens with one attached hydrogen (secondary N) is 1. The lowest BCUT2D eigenvalue weighted by atomic mass is 10.0. The molecule has 1 unspecified atom stereocenters. The highest BCUT2D eigenvalue weighted by Gasteiger charge is 2.26. The molecule has 0 saturated carbocycles. The van der Waals surface area contributed by atoms with Crippen molar-refractivity contribution in [1.29, 1.82) is 0 Å². The van der Waals surface area contributed by atoms with Gasteiger partial charge in [0.1, 0.15) is 23.2 Å². The third-order valence-corrected chi connectivity index (χ3v) is 11.4. The number of nitrogens with zero attached hydrogens (tertiary/aromatic N) is 3. The molecule has 5 nitrogen and oxygen atoms in total. The van der Waals surface area contributed by atoms with E-state index in [1.165, 1.54) is 21.5 Å². The maximum Gasteiger partial charge on any atom is 0.160 e. The number of hydrogen-bond donors (Lipinski definition) is 1. The molecule has 0 aliphatic carbocycles. The van der Waals surface area contributed by atoms with E-state index in [0.29, 0.717) is 5.84 Å². The van der Waals surface area contributed by atoms with Gasteiger partial charge >= 0.3 is 0 Å². The minimum atomic E-state index is -0.472. The fourth-order valence-corrected chi connectivity index (χ4v) is 8.83. The van der Waals surface area contributed by atoms with Crippen LogP contribution in [0.15, 0.2) is 196 Å². The van der Waals surface area contributed by atoms with E-state index >= 15 is 0 Å². The highest BCUT2D eigenvalue weighted by atomic mass is 16.3. The van der Waals surface area contributed by atoms with E-state index in [9.17, 15) is 0 Å². The summed E-state index contributed by atoms with van der Waals surface area (Å²) in [4.78, 5) is 10.7. The molecule has 0 spiro atoms. The second-order valence-corrected chi connectivity index (χ2v) is 14.6. The third-order valence-electron chi connectivity index (χ3n) is 11.4. The number of rotatable bonds is 4. The highest BCUT2D eigenvalue weighted by Crippen LogP contribution is 2.42. The van der Waals surface area contributed by atoms with Crippen LogP contribution in [0.25, 0.3) is 81.7 Å². The minimum Gasteiger partial charge on any atom is -0.456 e. The summed E-state index contributed by atoms with van der Waals surface area (Å²) in [6.45, 7) is 0. The van der Waals surface area contributed by atoms with Crippen LogP contribution in [0.3, 0.4) is 0 Å². The van der Waals surface area contributed by atoms with Crippen molar-refractivity contribution in [2.75, 3.05) is 0 Å². The first-order chi connectivity index (χ1) is 27.7. The molecule has 0 amide bonds. The molecular formula is C51H32N4O. The molecule has 0 radical (unpaired) electrons. The molecule has 0 fully saturated rings. The number of aromatic nitrogens is 1. The van der Waals surface area contributed by atoms with Crippen molar-refractivity contribution < 1.29 is 4.42 Å². The highest BCUT2D eigenvalue weighted by molar-refractivity contribution is 6.21. The Kier molecular flexibility index (Phi) is 6.63. The lowest BCUT2D eigenvalue weighted by molar-refractivity contribution is 0.654. The number of benzene rings is 9. The van der Waals surface area contributed by atoms with Crippen LogP contribution in [-0.4, -0.2) is 16.2 Å². The molecule has 2 aromatic heterocycles. The second kappa shape index (κ2) is 12.0. The van der Waals surface area contributed by atoms with E-state index in [4.69, 9.17) is 14.4 Å². The summed E-state index contributed by atoms with van der Waals surface area (Å²) in [5.74, 6) is 1.46. The summed E-state index contributed by atoms with van der Waals surface area (Å²) in [5, 5.41) is 15.3. The number of furan rings is 1. The Morgan fingerprint density at radius 2 is 1.07 bits per heavy atom. The molecule has 11 aromatic rings. The number of fused-ring (bicyclic) bond motifs is 9. The van der Waals surface area contributed by atoms with Gasteiger partial charge in [-0.2, -0.15) is 0 Å². The van der Waals surface area contributed by atoms with Crippen LogP contribution in [0.5, 0.6) is 0 Å². The number of para-hydroxylation sites is 2. The van der Waals surface area contributed by atoms with Gasteiger partial charge in [-0.05, 0) is 68.7 Å². The van der Waals surface area contributed by atoms with Crippen molar-refractivity contribution >= 4 is 87.7 Å². The maximum atomic E-state index is 6.74. The first-order valence-corrected chi connectivity index (χ1v) is 19.0. The molecule has 5 heteroatoms. The molecule has 262 valence electrons. The van der Waals surface area contributed by atoms with Crippen LogP contribution in [0, 0.1) is 0 Å². The molecule has 3 heterocycles. The molecule has 1 aliphatic rings. The standard InChI is InChI=1S/C51H32N4O/c1-2-16-34-28-44-42(27-33(34)15-1)38-21-7-9-25-43(38)55(44)45-29-35(30-47-48(45)41-22-8-10-26-46(41)56-47)49-52-50(39-23-11-17-31-13-3-5-19-36(31)39)54-51(53-49)40-24-12-18-32-14-4-6-20-37(32)40/h1-30,49H,(H,52,53,54). The Morgan fingerprint density at radius 1 is 0.464 bits per heavy atom. The zero-order valence-corrected chi connectivity index (χ0v) is 30.1. The van der Waals surface area contributed by atoms with Gasteiger partial charge in [-0.1, -0.05) is 146 Å². The molecule has 1 N–H and O–H groups in total. The van der Waals surface area contributed by atoms with E-state index < -0.39 is 6.17 Å². The number of hydrogen-bond acceptors (Lipinski definition) is 4. The van der Waals surface area contributed by atoms with Gasteiger partial charge in [-0.25, -0.2) is 9.98 Å². The molecule has 9 aromatic carbocycles. The molecule has 12 rings (SSSR count). The van der Waals surface area contributed by atoms with E-state index in [2.05, 4.69) is 186 Å². The molecule has 0 saturated heterocycles. The van der Waals surface area contributed by atoms with Crippen LogP contribution < -0.4 is 5.32 Å². The Balaban J connectivity index is 1.15. The Bertz CT molecular complexity index is 3470. The van der Waals surface area contributed by atoms with Crippen LogP contribution in [-0.2, 0) is 0 Å². The van der Waals surface area contributed by atoms with Crippen LogP contribution in [0.4, 0.5) is 0 Å². The van der Waals surface area contributed by atoms with E-state index in [1.54, 1.807) is 0 Å². The van der Waals surface area contributed by atoms with Gasteiger partial charge < -0.3 is 14.3 Å². The van der Waals surface area contributed by atoms with E-state index in [-0.39, 0.29) is 0 Å². The summed E-state index contributed by atoms with van der Waals surface area (Å²) < 4.78 is 9.15.